The molecule has 4 heteroatoms. The van der Waals surface area contributed by atoms with Gasteiger partial charge >= 0.3 is 0 Å². The molecule has 1 aliphatic heterocycles. The van der Waals surface area contributed by atoms with Gasteiger partial charge in [-0.1, -0.05) is 0 Å². The molecule has 0 aromatic heterocycles. The summed E-state index contributed by atoms with van der Waals surface area (Å²) >= 11 is 0. The summed E-state index contributed by atoms with van der Waals surface area (Å²) in [4.78, 5) is 0. The van der Waals surface area contributed by atoms with Crippen LogP contribution in [0.1, 0.15) is 25.8 Å². The number of rotatable bonds is 2. The first kappa shape index (κ1) is 12.2. The molecular weight excluding hydrogens is 218 g/mol. The third-order valence-electron chi connectivity index (χ3n) is 3.13. The Bertz CT molecular complexity index is 431. The smallest absolute Gasteiger partial charge is 0.129 e. The monoisotopic (exact) mass is 237 g/mol. The van der Waals surface area contributed by atoms with Crippen LogP contribution in [0.2, 0.25) is 0 Å². The van der Waals surface area contributed by atoms with Crippen molar-refractivity contribution in [3.05, 3.63) is 23.8 Å². The quantitative estimate of drug-likeness (QED) is 0.816. The molecule has 1 aliphatic rings. The predicted octanol–water partition coefficient (Wildman–Crippen LogP) is 1.40. The predicted molar refractivity (Wildman–Crippen MR) is 65.3 cm³/mol. The van der Waals surface area contributed by atoms with E-state index in [9.17, 15) is 5.11 Å². The van der Waals surface area contributed by atoms with Crippen molar-refractivity contribution >= 4 is 0 Å². The van der Waals surface area contributed by atoms with Crippen molar-refractivity contribution in [1.82, 2.24) is 0 Å². The second kappa shape index (κ2) is 3.89. The molecule has 1 aromatic carbocycles. The first-order valence-corrected chi connectivity index (χ1v) is 5.70. The molecule has 0 amide bonds. The van der Waals surface area contributed by atoms with Crippen LogP contribution in [-0.4, -0.2) is 24.4 Å². The maximum atomic E-state index is 10.6. The van der Waals surface area contributed by atoms with Crippen LogP contribution in [0.3, 0.4) is 0 Å². The minimum Gasteiger partial charge on any atom is -0.497 e. The third kappa shape index (κ3) is 2.10. The van der Waals surface area contributed by atoms with Crippen LogP contribution < -0.4 is 15.2 Å². The summed E-state index contributed by atoms with van der Waals surface area (Å²) in [5.41, 5.74) is 4.98. The fourth-order valence-electron chi connectivity index (χ4n) is 2.41. The highest BCUT2D eigenvalue weighted by Gasteiger charge is 2.43. The second-order valence-electron chi connectivity index (χ2n) is 5.14. The summed E-state index contributed by atoms with van der Waals surface area (Å²) in [5.74, 6) is 1.36. The SMILES string of the molecule is COc1ccc2c(c1)OC(C)(C)CC2(O)CN. The van der Waals surface area contributed by atoms with Crippen molar-refractivity contribution < 1.29 is 14.6 Å². The lowest BCUT2D eigenvalue weighted by atomic mass is 9.80. The van der Waals surface area contributed by atoms with Crippen LogP contribution in [0.25, 0.3) is 0 Å². The lowest BCUT2D eigenvalue weighted by molar-refractivity contribution is -0.0579. The Morgan fingerprint density at radius 2 is 2.18 bits per heavy atom. The topological polar surface area (TPSA) is 64.7 Å². The fraction of sp³-hybridized carbons (Fsp3) is 0.538. The summed E-state index contributed by atoms with van der Waals surface area (Å²) < 4.78 is 11.0. The van der Waals surface area contributed by atoms with Gasteiger partial charge in [-0.05, 0) is 26.0 Å². The lowest BCUT2D eigenvalue weighted by Crippen LogP contribution is -2.48. The molecule has 94 valence electrons. The van der Waals surface area contributed by atoms with E-state index in [1.165, 1.54) is 0 Å². The molecular formula is C13H19NO3. The van der Waals surface area contributed by atoms with Gasteiger partial charge in [-0.3, -0.25) is 0 Å². The van der Waals surface area contributed by atoms with Gasteiger partial charge in [0.15, 0.2) is 0 Å². The highest BCUT2D eigenvalue weighted by atomic mass is 16.5. The van der Waals surface area contributed by atoms with E-state index in [-0.39, 0.29) is 6.54 Å². The van der Waals surface area contributed by atoms with Gasteiger partial charge < -0.3 is 20.3 Å². The Balaban J connectivity index is 2.52. The van der Waals surface area contributed by atoms with Crippen molar-refractivity contribution in [3.8, 4) is 11.5 Å². The van der Waals surface area contributed by atoms with Crippen LogP contribution >= 0.6 is 0 Å². The van der Waals surface area contributed by atoms with E-state index < -0.39 is 11.2 Å². The zero-order valence-electron chi connectivity index (χ0n) is 10.5. The molecule has 0 aliphatic carbocycles. The van der Waals surface area contributed by atoms with Gasteiger partial charge in [0.2, 0.25) is 0 Å². The summed E-state index contributed by atoms with van der Waals surface area (Å²) in [6.45, 7) is 4.06. The largest absolute Gasteiger partial charge is 0.497 e. The Morgan fingerprint density at radius 3 is 2.76 bits per heavy atom. The zero-order valence-corrected chi connectivity index (χ0v) is 10.5. The molecule has 1 heterocycles. The summed E-state index contributed by atoms with van der Waals surface area (Å²) in [6, 6.07) is 5.41. The molecule has 2 rings (SSSR count). The molecule has 1 atom stereocenters. The van der Waals surface area contributed by atoms with Gasteiger partial charge in [-0.15, -0.1) is 0 Å². The Labute approximate surface area is 101 Å². The zero-order chi connectivity index (χ0) is 12.7. The van der Waals surface area contributed by atoms with Crippen molar-refractivity contribution in [2.75, 3.05) is 13.7 Å². The standard InChI is InChI=1S/C13H19NO3/c1-12(2)7-13(15,8-14)10-5-4-9(16-3)6-11(10)17-12/h4-6,15H,7-8,14H2,1-3H3. The van der Waals surface area contributed by atoms with Crippen LogP contribution in [0, 0.1) is 0 Å². The third-order valence-corrected chi connectivity index (χ3v) is 3.13. The molecule has 0 bridgehead atoms. The van der Waals surface area contributed by atoms with Gasteiger partial charge in [-0.25, -0.2) is 0 Å². The van der Waals surface area contributed by atoms with Gasteiger partial charge in [0.1, 0.15) is 22.7 Å². The molecule has 0 radical (unpaired) electrons. The Morgan fingerprint density at radius 1 is 1.47 bits per heavy atom. The first-order chi connectivity index (χ1) is 7.90. The first-order valence-electron chi connectivity index (χ1n) is 5.70. The molecule has 17 heavy (non-hydrogen) atoms. The van der Waals surface area contributed by atoms with E-state index in [4.69, 9.17) is 15.2 Å². The van der Waals surface area contributed by atoms with Crippen LogP contribution in [0.15, 0.2) is 18.2 Å². The van der Waals surface area contributed by atoms with Crippen molar-refractivity contribution in [3.63, 3.8) is 0 Å². The van der Waals surface area contributed by atoms with Gasteiger partial charge in [0.25, 0.3) is 0 Å². The van der Waals surface area contributed by atoms with Gasteiger partial charge in [0.05, 0.1) is 7.11 Å². The van der Waals surface area contributed by atoms with Crippen molar-refractivity contribution in [2.45, 2.75) is 31.5 Å². The molecule has 4 nitrogen and oxygen atoms in total. The molecule has 0 spiro atoms. The van der Waals surface area contributed by atoms with Gasteiger partial charge in [0, 0.05) is 24.6 Å². The number of aliphatic hydroxyl groups is 1. The van der Waals surface area contributed by atoms with Gasteiger partial charge in [-0.2, -0.15) is 0 Å². The second-order valence-corrected chi connectivity index (χ2v) is 5.14. The normalized spacial score (nSPS) is 25.9. The average Bonchev–Trinajstić information content (AvgIpc) is 2.26. The number of benzene rings is 1. The summed E-state index contributed by atoms with van der Waals surface area (Å²) in [5, 5.41) is 10.6. The van der Waals surface area contributed by atoms with Crippen LogP contribution in [0.5, 0.6) is 11.5 Å². The lowest BCUT2D eigenvalue weighted by Gasteiger charge is -2.42. The van der Waals surface area contributed by atoms with E-state index in [0.29, 0.717) is 17.9 Å². The molecule has 1 aromatic rings. The number of nitrogens with two attached hydrogens (primary N) is 1. The number of hydrogen-bond acceptors (Lipinski definition) is 4. The Hall–Kier alpha value is -1.26. The molecule has 0 saturated carbocycles. The highest BCUT2D eigenvalue weighted by molar-refractivity contribution is 5.46. The van der Waals surface area contributed by atoms with E-state index >= 15 is 0 Å². The maximum absolute atomic E-state index is 10.6. The van der Waals surface area contributed by atoms with E-state index in [1.54, 1.807) is 19.2 Å². The highest BCUT2D eigenvalue weighted by Crippen LogP contribution is 2.44. The van der Waals surface area contributed by atoms with E-state index in [2.05, 4.69) is 0 Å². The molecule has 0 fully saturated rings. The van der Waals surface area contributed by atoms with E-state index in [0.717, 1.165) is 5.56 Å². The van der Waals surface area contributed by atoms with E-state index in [1.807, 2.05) is 19.9 Å². The minimum atomic E-state index is -1.02. The van der Waals surface area contributed by atoms with Crippen molar-refractivity contribution in [2.24, 2.45) is 5.73 Å². The van der Waals surface area contributed by atoms with Crippen LogP contribution in [-0.2, 0) is 5.60 Å². The molecule has 1 unspecified atom stereocenters. The molecule has 0 saturated heterocycles. The van der Waals surface area contributed by atoms with Crippen LogP contribution in [0.4, 0.5) is 0 Å². The average molecular weight is 237 g/mol. The maximum Gasteiger partial charge on any atom is 0.129 e. The number of methoxy groups -OCH3 is 1. The number of ether oxygens (including phenoxy) is 2. The minimum absolute atomic E-state index is 0.180. The number of hydrogen-bond donors (Lipinski definition) is 2. The fourth-order valence-corrected chi connectivity index (χ4v) is 2.41. The summed E-state index contributed by atoms with van der Waals surface area (Å²) in [6.07, 6.45) is 0.482. The Kier molecular flexibility index (Phi) is 2.79. The molecule has 3 N–H and O–H groups in total. The van der Waals surface area contributed by atoms with Crippen molar-refractivity contribution in [1.29, 1.82) is 0 Å². The summed E-state index contributed by atoms with van der Waals surface area (Å²) in [7, 11) is 1.60. The number of fused-ring (bicyclic) bond motifs is 1.